The van der Waals surface area contributed by atoms with Crippen molar-refractivity contribution in [1.82, 2.24) is 4.90 Å². The molecule has 0 spiro atoms. The second kappa shape index (κ2) is 4.25. The van der Waals surface area contributed by atoms with Crippen molar-refractivity contribution < 1.29 is 0 Å². The van der Waals surface area contributed by atoms with Gasteiger partial charge in [-0.1, -0.05) is 0 Å². The lowest BCUT2D eigenvalue weighted by Crippen LogP contribution is -1.99. The van der Waals surface area contributed by atoms with E-state index >= 15 is 0 Å². The first-order valence-electron chi connectivity index (χ1n) is 1.34. The van der Waals surface area contributed by atoms with Gasteiger partial charge in [0, 0.05) is 0 Å². The minimum atomic E-state index is 0. The molecular formula is C3H10ClN. The number of halogens is 1. The van der Waals surface area contributed by atoms with Crippen LogP contribution >= 0.6 is 12.4 Å². The molecule has 0 saturated carbocycles. The average molecular weight is 96.6 g/mol. The van der Waals surface area contributed by atoms with E-state index in [0.29, 0.717) is 0 Å². The van der Waals surface area contributed by atoms with Crippen LogP contribution in [0.1, 0.15) is 0 Å². The van der Waals surface area contributed by atoms with E-state index in [1.807, 2.05) is 26.0 Å². The Hall–Kier alpha value is 0.250. The fourth-order valence-electron chi connectivity index (χ4n) is 0. The van der Waals surface area contributed by atoms with Crippen molar-refractivity contribution in [3.8, 4) is 0 Å². The Morgan fingerprint density at radius 1 is 1.00 bits per heavy atom. The fourth-order valence-corrected chi connectivity index (χ4v) is 0. The summed E-state index contributed by atoms with van der Waals surface area (Å²) in [6.07, 6.45) is 0. The van der Waals surface area contributed by atoms with E-state index in [1.54, 1.807) is 0 Å². The van der Waals surface area contributed by atoms with Gasteiger partial charge in [0.1, 0.15) is 0 Å². The monoisotopic (exact) mass is 96.0 g/mol. The maximum absolute atomic E-state index is 2.00. The number of nitrogens with zero attached hydrogens (tertiary/aromatic N) is 1. The van der Waals surface area contributed by atoms with Gasteiger partial charge in [0.2, 0.25) is 0 Å². The summed E-state index contributed by atoms with van der Waals surface area (Å²) < 4.78 is 0. The molecule has 0 bridgehead atoms. The van der Waals surface area contributed by atoms with Crippen LogP contribution in [-0.4, -0.2) is 26.0 Å². The molecule has 0 aromatic carbocycles. The van der Waals surface area contributed by atoms with E-state index in [4.69, 9.17) is 0 Å². The van der Waals surface area contributed by atoms with Crippen LogP contribution in [0.3, 0.4) is 0 Å². The summed E-state index contributed by atoms with van der Waals surface area (Å²) in [6.45, 7) is 0. The van der Waals surface area contributed by atoms with E-state index in [0.717, 1.165) is 0 Å². The molecule has 0 aromatic heterocycles. The van der Waals surface area contributed by atoms with Gasteiger partial charge in [-0.3, -0.25) is 0 Å². The summed E-state index contributed by atoms with van der Waals surface area (Å²) in [5, 5.41) is 0. The topological polar surface area (TPSA) is 3.24 Å². The van der Waals surface area contributed by atoms with Crippen molar-refractivity contribution >= 4 is 12.4 Å². The molecule has 0 radical (unpaired) electrons. The number of hydrogen-bond acceptors (Lipinski definition) is 1. The van der Waals surface area contributed by atoms with E-state index in [-0.39, 0.29) is 12.4 Å². The summed E-state index contributed by atoms with van der Waals surface area (Å²) >= 11 is 0. The standard InChI is InChI=1S/C3H9N.ClH/c1-4(2)3;/h1-3H3;1H/i4+1;. The molecule has 34 valence electrons. The van der Waals surface area contributed by atoms with Gasteiger partial charge in [-0.2, -0.15) is 0 Å². The van der Waals surface area contributed by atoms with Gasteiger partial charge >= 0.3 is 0 Å². The zero-order valence-electron chi connectivity index (χ0n) is 3.86. The predicted molar refractivity (Wildman–Crippen MR) is 26.9 cm³/mol. The van der Waals surface area contributed by atoms with Gasteiger partial charge in [0.05, 0.1) is 0 Å². The first-order valence-corrected chi connectivity index (χ1v) is 1.34. The van der Waals surface area contributed by atoms with Crippen LogP contribution in [0.2, 0.25) is 0 Å². The van der Waals surface area contributed by atoms with Gasteiger partial charge in [-0.25, -0.2) is 0 Å². The quantitative estimate of drug-likeness (QED) is 0.399. The molecule has 5 heavy (non-hydrogen) atoms. The highest BCUT2D eigenvalue weighted by Crippen LogP contribution is 1.47. The Morgan fingerprint density at radius 2 is 1.00 bits per heavy atom. The second-order valence-corrected chi connectivity index (χ2v) is 1.34. The lowest BCUT2D eigenvalue weighted by atomic mass is 11.2. The third kappa shape index (κ3) is 344. The third-order valence-corrected chi connectivity index (χ3v) is 0. The van der Waals surface area contributed by atoms with E-state index < -0.39 is 0 Å². The summed E-state index contributed by atoms with van der Waals surface area (Å²) in [5.41, 5.74) is 0. The molecule has 0 rings (SSSR count). The minimum absolute atomic E-state index is 0. The van der Waals surface area contributed by atoms with Gasteiger partial charge in [0.15, 0.2) is 0 Å². The van der Waals surface area contributed by atoms with Crippen molar-refractivity contribution in [2.45, 2.75) is 0 Å². The summed E-state index contributed by atoms with van der Waals surface area (Å²) in [5.74, 6) is 0. The SMILES string of the molecule is C[15N](C)C.Cl. The largest absolute Gasteiger partial charge is 0.312 e. The summed E-state index contributed by atoms with van der Waals surface area (Å²) in [4.78, 5) is 2.00. The predicted octanol–water partition coefficient (Wildman–Crippen LogP) is 0.600. The summed E-state index contributed by atoms with van der Waals surface area (Å²) in [7, 11) is 6.00. The third-order valence-electron chi connectivity index (χ3n) is 0. The Morgan fingerprint density at radius 3 is 1.00 bits per heavy atom. The molecule has 0 amide bonds. The molecule has 0 aromatic rings. The first kappa shape index (κ1) is 8.98. The minimum Gasteiger partial charge on any atom is -0.312 e. The molecule has 0 heterocycles. The normalized spacial score (nSPS) is 7.20. The zero-order chi connectivity index (χ0) is 3.58. The molecule has 0 atom stereocenters. The van der Waals surface area contributed by atoms with E-state index in [2.05, 4.69) is 0 Å². The van der Waals surface area contributed by atoms with Gasteiger partial charge in [-0.05, 0) is 21.1 Å². The van der Waals surface area contributed by atoms with Crippen molar-refractivity contribution in [1.29, 1.82) is 0 Å². The smallest absolute Gasteiger partial charge is 0.0140 e. The van der Waals surface area contributed by atoms with E-state index in [1.165, 1.54) is 0 Å². The highest BCUT2D eigenvalue weighted by molar-refractivity contribution is 5.85. The molecule has 0 aliphatic carbocycles. The van der Waals surface area contributed by atoms with Crippen LogP contribution in [-0.2, 0) is 0 Å². The van der Waals surface area contributed by atoms with Crippen LogP contribution in [0.15, 0.2) is 0 Å². The molecule has 0 aliphatic heterocycles. The fraction of sp³-hybridized carbons (Fsp3) is 1.00. The van der Waals surface area contributed by atoms with Crippen LogP contribution in [0.4, 0.5) is 0 Å². The highest BCUT2D eigenvalue weighted by Gasteiger charge is 1.58. The number of rotatable bonds is 0. The van der Waals surface area contributed by atoms with Crippen LogP contribution in [0.25, 0.3) is 0 Å². The van der Waals surface area contributed by atoms with Crippen molar-refractivity contribution in [2.24, 2.45) is 0 Å². The molecule has 0 aliphatic rings. The Kier molecular flexibility index (Phi) is 7.63. The summed E-state index contributed by atoms with van der Waals surface area (Å²) in [6, 6.07) is 0. The van der Waals surface area contributed by atoms with Crippen LogP contribution < -0.4 is 0 Å². The van der Waals surface area contributed by atoms with Gasteiger partial charge in [-0.15, -0.1) is 12.4 Å². The molecule has 1 nitrogen and oxygen atoms in total. The molecule has 0 N–H and O–H groups in total. The van der Waals surface area contributed by atoms with Crippen molar-refractivity contribution in [2.75, 3.05) is 21.1 Å². The molecule has 0 fully saturated rings. The lowest BCUT2D eigenvalue weighted by Gasteiger charge is -1.90. The second-order valence-electron chi connectivity index (χ2n) is 1.34. The molecule has 2 heteroatoms. The maximum atomic E-state index is 2.00. The first-order chi connectivity index (χ1) is 1.73. The zero-order valence-corrected chi connectivity index (χ0v) is 4.67. The van der Waals surface area contributed by atoms with E-state index in [9.17, 15) is 0 Å². The molecule has 0 unspecified atom stereocenters. The lowest BCUT2D eigenvalue weighted by molar-refractivity contribution is 0.505. The maximum Gasteiger partial charge on any atom is -0.0140 e. The number of hydrogen-bond donors (Lipinski definition) is 0. The van der Waals surface area contributed by atoms with Crippen molar-refractivity contribution in [3.63, 3.8) is 0 Å². The van der Waals surface area contributed by atoms with Gasteiger partial charge in [0.25, 0.3) is 0 Å². The highest BCUT2D eigenvalue weighted by atomic mass is 35.5. The Labute approximate surface area is 39.4 Å². The van der Waals surface area contributed by atoms with Crippen LogP contribution in [0, 0.1) is 0 Å². The molecular weight excluding hydrogens is 86.5 g/mol. The van der Waals surface area contributed by atoms with Crippen LogP contribution in [0.5, 0.6) is 0 Å². The Balaban J connectivity index is 0. The molecule has 0 saturated heterocycles. The average Bonchev–Trinajstić information content (AvgIpc) is 0.811. The van der Waals surface area contributed by atoms with Gasteiger partial charge < -0.3 is 4.90 Å². The Bertz CT molecular complexity index is 11.6. The van der Waals surface area contributed by atoms with Crippen molar-refractivity contribution in [3.05, 3.63) is 0 Å².